The summed E-state index contributed by atoms with van der Waals surface area (Å²) in [7, 11) is 1.76. The minimum atomic E-state index is -0.313. The molecule has 0 bridgehead atoms. The standard InChI is InChI=1S/C8H10N6O/c1-5-3-7(14(2)12-5)10-8(15)6-4-9-13-11-6/h3-4H,1-2H3,(H,10,15)(H,9,11,13). The van der Waals surface area contributed by atoms with Gasteiger partial charge in [-0.25, -0.2) is 0 Å². The molecule has 15 heavy (non-hydrogen) atoms. The zero-order valence-electron chi connectivity index (χ0n) is 8.35. The van der Waals surface area contributed by atoms with Crippen molar-refractivity contribution in [3.05, 3.63) is 23.7 Å². The van der Waals surface area contributed by atoms with Gasteiger partial charge in [-0.2, -0.15) is 20.5 Å². The molecule has 0 aromatic carbocycles. The Morgan fingerprint density at radius 3 is 2.93 bits per heavy atom. The molecule has 78 valence electrons. The van der Waals surface area contributed by atoms with E-state index in [1.807, 2.05) is 6.92 Å². The number of nitrogens with zero attached hydrogens (tertiary/aromatic N) is 4. The second-order valence-electron chi connectivity index (χ2n) is 3.10. The Labute approximate surface area is 85.5 Å². The summed E-state index contributed by atoms with van der Waals surface area (Å²) in [6.07, 6.45) is 1.36. The van der Waals surface area contributed by atoms with Crippen LogP contribution in [0.3, 0.4) is 0 Å². The molecule has 0 unspecified atom stereocenters. The van der Waals surface area contributed by atoms with E-state index in [9.17, 15) is 4.79 Å². The van der Waals surface area contributed by atoms with Gasteiger partial charge in [-0.3, -0.25) is 9.48 Å². The molecule has 2 N–H and O–H groups in total. The maximum atomic E-state index is 11.6. The Bertz CT molecular complexity index is 471. The molecule has 0 saturated heterocycles. The van der Waals surface area contributed by atoms with Crippen LogP contribution in [0.25, 0.3) is 0 Å². The summed E-state index contributed by atoms with van der Waals surface area (Å²) in [6.45, 7) is 1.85. The second-order valence-corrected chi connectivity index (χ2v) is 3.10. The molecule has 0 aliphatic rings. The van der Waals surface area contributed by atoms with Crippen molar-refractivity contribution >= 4 is 11.7 Å². The lowest BCUT2D eigenvalue weighted by Crippen LogP contribution is -2.14. The van der Waals surface area contributed by atoms with Crippen LogP contribution in [0.1, 0.15) is 16.2 Å². The smallest absolute Gasteiger partial charge is 0.278 e. The van der Waals surface area contributed by atoms with E-state index < -0.39 is 0 Å². The lowest BCUT2D eigenvalue weighted by Gasteiger charge is -2.01. The summed E-state index contributed by atoms with van der Waals surface area (Å²) in [5, 5.41) is 16.4. The first-order valence-electron chi connectivity index (χ1n) is 4.34. The first-order chi connectivity index (χ1) is 7.16. The third kappa shape index (κ3) is 1.85. The number of rotatable bonds is 2. The Morgan fingerprint density at radius 1 is 1.60 bits per heavy atom. The first kappa shape index (κ1) is 9.38. The number of amides is 1. The molecular formula is C8H10N6O. The van der Waals surface area contributed by atoms with E-state index in [1.54, 1.807) is 17.8 Å². The number of H-pyrrole nitrogens is 1. The van der Waals surface area contributed by atoms with Crippen LogP contribution < -0.4 is 5.32 Å². The van der Waals surface area contributed by atoms with Crippen LogP contribution in [0.15, 0.2) is 12.3 Å². The van der Waals surface area contributed by atoms with Gasteiger partial charge in [0.05, 0.1) is 11.9 Å². The molecule has 0 aliphatic heterocycles. The quantitative estimate of drug-likeness (QED) is 0.729. The molecule has 2 aromatic heterocycles. The molecule has 2 heterocycles. The van der Waals surface area contributed by atoms with Crippen LogP contribution in [0.4, 0.5) is 5.82 Å². The van der Waals surface area contributed by atoms with E-state index in [2.05, 4.69) is 25.8 Å². The summed E-state index contributed by atoms with van der Waals surface area (Å²) in [4.78, 5) is 11.6. The van der Waals surface area contributed by atoms with Gasteiger partial charge in [0.2, 0.25) is 0 Å². The van der Waals surface area contributed by atoms with Crippen molar-refractivity contribution in [2.75, 3.05) is 5.32 Å². The zero-order chi connectivity index (χ0) is 10.8. The summed E-state index contributed by atoms with van der Waals surface area (Å²) in [5.74, 6) is 0.312. The molecule has 7 heteroatoms. The van der Waals surface area contributed by atoms with Gasteiger partial charge in [0.25, 0.3) is 5.91 Å². The molecule has 0 radical (unpaired) electrons. The predicted octanol–water partition coefficient (Wildman–Crippen LogP) is 0.0989. The molecule has 2 aromatic rings. The molecule has 0 aliphatic carbocycles. The summed E-state index contributed by atoms with van der Waals surface area (Å²) in [5.41, 5.74) is 1.09. The Balaban J connectivity index is 2.16. The van der Waals surface area contributed by atoms with Gasteiger partial charge < -0.3 is 5.32 Å². The monoisotopic (exact) mass is 206 g/mol. The fraction of sp³-hybridized carbons (Fsp3) is 0.250. The largest absolute Gasteiger partial charge is 0.305 e. The van der Waals surface area contributed by atoms with Gasteiger partial charge in [-0.1, -0.05) is 0 Å². The van der Waals surface area contributed by atoms with Gasteiger partial charge in [0.1, 0.15) is 5.82 Å². The van der Waals surface area contributed by atoms with Crippen molar-refractivity contribution < 1.29 is 4.79 Å². The van der Waals surface area contributed by atoms with Gasteiger partial charge in [0.15, 0.2) is 5.69 Å². The van der Waals surface area contributed by atoms with Crippen LogP contribution in [0, 0.1) is 6.92 Å². The highest BCUT2D eigenvalue weighted by molar-refractivity contribution is 6.02. The number of nitrogens with one attached hydrogen (secondary N) is 2. The average molecular weight is 206 g/mol. The topological polar surface area (TPSA) is 88.5 Å². The number of hydrogen-bond acceptors (Lipinski definition) is 4. The number of carbonyl (C=O) groups excluding carboxylic acids is 1. The van der Waals surface area contributed by atoms with Crippen LogP contribution in [-0.2, 0) is 7.05 Å². The zero-order valence-corrected chi connectivity index (χ0v) is 8.35. The third-order valence-corrected chi connectivity index (χ3v) is 1.89. The molecule has 2 rings (SSSR count). The van der Waals surface area contributed by atoms with Crippen LogP contribution >= 0.6 is 0 Å². The number of anilines is 1. The number of aromatic nitrogens is 5. The number of aromatic amines is 1. The second kappa shape index (κ2) is 3.52. The van der Waals surface area contributed by atoms with Crippen molar-refractivity contribution in [3.8, 4) is 0 Å². The highest BCUT2D eigenvalue weighted by Gasteiger charge is 2.11. The SMILES string of the molecule is Cc1cc(NC(=O)c2cn[nH]n2)n(C)n1. The molecule has 0 fully saturated rings. The maximum absolute atomic E-state index is 11.6. The van der Waals surface area contributed by atoms with Gasteiger partial charge in [-0.05, 0) is 6.92 Å². The van der Waals surface area contributed by atoms with Gasteiger partial charge in [-0.15, -0.1) is 0 Å². The lowest BCUT2D eigenvalue weighted by molar-refractivity contribution is 0.102. The molecule has 7 nitrogen and oxygen atoms in total. The van der Waals surface area contributed by atoms with E-state index >= 15 is 0 Å². The van der Waals surface area contributed by atoms with Crippen LogP contribution in [0.5, 0.6) is 0 Å². The van der Waals surface area contributed by atoms with Crippen molar-refractivity contribution in [1.82, 2.24) is 25.2 Å². The fourth-order valence-electron chi connectivity index (χ4n) is 1.22. The summed E-state index contributed by atoms with van der Waals surface area (Å²) in [6, 6.07) is 1.78. The van der Waals surface area contributed by atoms with Gasteiger partial charge in [0, 0.05) is 13.1 Å². The predicted molar refractivity (Wildman–Crippen MR) is 52.3 cm³/mol. The highest BCUT2D eigenvalue weighted by atomic mass is 16.2. The molecular weight excluding hydrogens is 196 g/mol. The van der Waals surface area contributed by atoms with Crippen molar-refractivity contribution in [3.63, 3.8) is 0 Å². The third-order valence-electron chi connectivity index (χ3n) is 1.89. The fourth-order valence-corrected chi connectivity index (χ4v) is 1.22. The molecule has 1 amide bonds. The summed E-state index contributed by atoms with van der Waals surface area (Å²) < 4.78 is 1.59. The molecule has 0 spiro atoms. The number of aryl methyl sites for hydroxylation is 2. The van der Waals surface area contributed by atoms with E-state index in [4.69, 9.17) is 0 Å². The minimum Gasteiger partial charge on any atom is -0.305 e. The van der Waals surface area contributed by atoms with E-state index in [-0.39, 0.29) is 11.6 Å². The minimum absolute atomic E-state index is 0.244. The van der Waals surface area contributed by atoms with Gasteiger partial charge >= 0.3 is 0 Å². The lowest BCUT2D eigenvalue weighted by atomic mass is 10.4. The number of hydrogen-bond donors (Lipinski definition) is 2. The van der Waals surface area contributed by atoms with Crippen molar-refractivity contribution in [1.29, 1.82) is 0 Å². The number of carbonyl (C=O) groups is 1. The Hall–Kier alpha value is -2.18. The van der Waals surface area contributed by atoms with Crippen molar-refractivity contribution in [2.45, 2.75) is 6.92 Å². The van der Waals surface area contributed by atoms with Crippen molar-refractivity contribution in [2.24, 2.45) is 7.05 Å². The highest BCUT2D eigenvalue weighted by Crippen LogP contribution is 2.08. The van der Waals surface area contributed by atoms with E-state index in [0.717, 1.165) is 5.69 Å². The molecule has 0 atom stereocenters. The normalized spacial score (nSPS) is 10.3. The Kier molecular flexibility index (Phi) is 2.20. The first-order valence-corrected chi connectivity index (χ1v) is 4.34. The van der Waals surface area contributed by atoms with Crippen LogP contribution in [0.2, 0.25) is 0 Å². The maximum Gasteiger partial charge on any atom is 0.278 e. The van der Waals surface area contributed by atoms with Crippen LogP contribution in [-0.4, -0.2) is 31.1 Å². The van der Waals surface area contributed by atoms with E-state index in [0.29, 0.717) is 5.82 Å². The molecule has 0 saturated carbocycles. The van der Waals surface area contributed by atoms with E-state index in [1.165, 1.54) is 6.20 Å². The Morgan fingerprint density at radius 2 is 2.40 bits per heavy atom. The summed E-state index contributed by atoms with van der Waals surface area (Å²) >= 11 is 0. The average Bonchev–Trinajstić information content (AvgIpc) is 2.76.